The molecule has 0 N–H and O–H groups in total. The smallest absolute Gasteiger partial charge is 0.207 e. The molecule has 0 unspecified atom stereocenters. The Morgan fingerprint density at radius 1 is 1.40 bits per heavy atom. The standard InChI is InChI=1S/C10H12ClNO2S/c1-12(9-5-6-9)15(13,14)10-4-2-3-8(11)7-10/h2-4,7,9H,5-6H2,1H3. The highest BCUT2D eigenvalue weighted by atomic mass is 35.5. The van der Waals surface area contributed by atoms with E-state index in [0.717, 1.165) is 12.8 Å². The van der Waals surface area contributed by atoms with Gasteiger partial charge in [-0.15, -0.1) is 0 Å². The molecule has 0 aliphatic heterocycles. The molecule has 0 aromatic heterocycles. The van der Waals surface area contributed by atoms with Crippen LogP contribution in [0.2, 0.25) is 5.02 Å². The maximum absolute atomic E-state index is 12.0. The van der Waals surface area contributed by atoms with Crippen molar-refractivity contribution in [3.63, 3.8) is 0 Å². The molecule has 0 atom stereocenters. The molecule has 1 aromatic carbocycles. The summed E-state index contributed by atoms with van der Waals surface area (Å²) < 4.78 is 25.5. The van der Waals surface area contributed by atoms with Crippen molar-refractivity contribution in [1.29, 1.82) is 0 Å². The minimum absolute atomic E-state index is 0.175. The number of hydrogen-bond acceptors (Lipinski definition) is 2. The Kier molecular flexibility index (Phi) is 2.75. The van der Waals surface area contributed by atoms with Crippen LogP contribution in [0.1, 0.15) is 12.8 Å². The van der Waals surface area contributed by atoms with Crippen LogP contribution in [0.5, 0.6) is 0 Å². The fourth-order valence-electron chi connectivity index (χ4n) is 1.43. The highest BCUT2D eigenvalue weighted by Gasteiger charge is 2.34. The van der Waals surface area contributed by atoms with Crippen LogP contribution >= 0.6 is 11.6 Å². The first-order chi connectivity index (χ1) is 7.01. The molecule has 82 valence electrons. The maximum Gasteiger partial charge on any atom is 0.243 e. The van der Waals surface area contributed by atoms with E-state index in [1.165, 1.54) is 10.4 Å². The number of halogens is 1. The Morgan fingerprint density at radius 2 is 2.07 bits per heavy atom. The first-order valence-corrected chi connectivity index (χ1v) is 6.57. The molecule has 0 radical (unpaired) electrons. The molecule has 0 bridgehead atoms. The van der Waals surface area contributed by atoms with Crippen molar-refractivity contribution in [1.82, 2.24) is 4.31 Å². The summed E-state index contributed by atoms with van der Waals surface area (Å²) >= 11 is 5.77. The van der Waals surface area contributed by atoms with Gasteiger partial charge in [-0.25, -0.2) is 8.42 Å². The van der Waals surface area contributed by atoms with Crippen molar-refractivity contribution < 1.29 is 8.42 Å². The van der Waals surface area contributed by atoms with E-state index in [0.29, 0.717) is 5.02 Å². The first kappa shape index (κ1) is 10.9. The molecule has 3 nitrogen and oxygen atoms in total. The molecule has 1 fully saturated rings. The van der Waals surface area contributed by atoms with Crippen LogP contribution in [0.3, 0.4) is 0 Å². The minimum Gasteiger partial charge on any atom is -0.207 e. The molecule has 0 saturated heterocycles. The third-order valence-electron chi connectivity index (χ3n) is 2.53. The Morgan fingerprint density at radius 3 is 2.60 bits per heavy atom. The molecular formula is C10H12ClNO2S. The summed E-state index contributed by atoms with van der Waals surface area (Å²) in [6.07, 6.45) is 1.91. The van der Waals surface area contributed by atoms with Gasteiger partial charge in [-0.1, -0.05) is 17.7 Å². The molecule has 0 amide bonds. The van der Waals surface area contributed by atoms with Gasteiger partial charge in [0.1, 0.15) is 0 Å². The Labute approximate surface area is 94.7 Å². The first-order valence-electron chi connectivity index (χ1n) is 4.75. The number of sulfonamides is 1. The zero-order valence-electron chi connectivity index (χ0n) is 8.35. The fourth-order valence-corrected chi connectivity index (χ4v) is 3.15. The SMILES string of the molecule is CN(C1CC1)S(=O)(=O)c1cccc(Cl)c1. The minimum atomic E-state index is -3.35. The molecular weight excluding hydrogens is 234 g/mol. The monoisotopic (exact) mass is 245 g/mol. The second-order valence-corrected chi connectivity index (χ2v) is 6.14. The summed E-state index contributed by atoms with van der Waals surface area (Å²) in [4.78, 5) is 0.268. The van der Waals surface area contributed by atoms with Crippen LogP contribution < -0.4 is 0 Å². The van der Waals surface area contributed by atoms with Crippen LogP contribution in [0.4, 0.5) is 0 Å². The lowest BCUT2D eigenvalue weighted by molar-refractivity contribution is 0.464. The van der Waals surface area contributed by atoms with Crippen LogP contribution in [-0.4, -0.2) is 25.8 Å². The van der Waals surface area contributed by atoms with Gasteiger partial charge in [0.15, 0.2) is 0 Å². The average Bonchev–Trinajstić information content (AvgIpc) is 3.00. The molecule has 5 heteroatoms. The molecule has 1 aliphatic rings. The summed E-state index contributed by atoms with van der Waals surface area (Å²) in [7, 11) is -1.73. The van der Waals surface area contributed by atoms with Crippen molar-refractivity contribution in [3.05, 3.63) is 29.3 Å². The second kappa shape index (κ2) is 3.77. The average molecular weight is 246 g/mol. The second-order valence-electron chi connectivity index (χ2n) is 3.71. The summed E-state index contributed by atoms with van der Waals surface area (Å²) in [5.74, 6) is 0. The van der Waals surface area contributed by atoms with Crippen molar-refractivity contribution in [2.75, 3.05) is 7.05 Å². The molecule has 0 heterocycles. The van der Waals surface area contributed by atoms with Crippen LogP contribution in [0, 0.1) is 0 Å². The number of nitrogens with zero attached hydrogens (tertiary/aromatic N) is 1. The topological polar surface area (TPSA) is 37.4 Å². The third kappa shape index (κ3) is 2.17. The van der Waals surface area contributed by atoms with Gasteiger partial charge in [-0.2, -0.15) is 4.31 Å². The van der Waals surface area contributed by atoms with Crippen LogP contribution in [0.15, 0.2) is 29.2 Å². The van der Waals surface area contributed by atoms with Gasteiger partial charge in [-0.05, 0) is 31.0 Å². The van der Waals surface area contributed by atoms with E-state index in [1.807, 2.05) is 0 Å². The molecule has 0 spiro atoms. The lowest BCUT2D eigenvalue weighted by atomic mass is 10.4. The highest BCUT2D eigenvalue weighted by molar-refractivity contribution is 7.89. The van der Waals surface area contributed by atoms with Gasteiger partial charge in [0, 0.05) is 18.1 Å². The van der Waals surface area contributed by atoms with E-state index in [1.54, 1.807) is 25.2 Å². The zero-order valence-corrected chi connectivity index (χ0v) is 9.92. The summed E-state index contributed by atoms with van der Waals surface area (Å²) in [5.41, 5.74) is 0. The van der Waals surface area contributed by atoms with Gasteiger partial charge in [0.05, 0.1) is 4.90 Å². The van der Waals surface area contributed by atoms with Gasteiger partial charge in [0.25, 0.3) is 0 Å². The molecule has 1 aliphatic carbocycles. The normalized spacial score (nSPS) is 17.0. The largest absolute Gasteiger partial charge is 0.243 e. The van der Waals surface area contributed by atoms with E-state index < -0.39 is 10.0 Å². The van der Waals surface area contributed by atoms with Gasteiger partial charge >= 0.3 is 0 Å². The highest BCUT2D eigenvalue weighted by Crippen LogP contribution is 2.30. The molecule has 15 heavy (non-hydrogen) atoms. The van der Waals surface area contributed by atoms with Crippen LogP contribution in [0.25, 0.3) is 0 Å². The number of hydrogen-bond donors (Lipinski definition) is 0. The van der Waals surface area contributed by atoms with Crippen molar-refractivity contribution in [2.24, 2.45) is 0 Å². The fraction of sp³-hybridized carbons (Fsp3) is 0.400. The summed E-state index contributed by atoms with van der Waals surface area (Å²) in [6.45, 7) is 0. The molecule has 1 aromatic rings. The van der Waals surface area contributed by atoms with Gasteiger partial charge in [0.2, 0.25) is 10.0 Å². The number of benzene rings is 1. The van der Waals surface area contributed by atoms with Crippen molar-refractivity contribution in [2.45, 2.75) is 23.8 Å². The predicted molar refractivity (Wildman–Crippen MR) is 59.4 cm³/mol. The van der Waals surface area contributed by atoms with Gasteiger partial charge < -0.3 is 0 Å². The Balaban J connectivity index is 2.36. The third-order valence-corrected chi connectivity index (χ3v) is 4.68. The van der Waals surface area contributed by atoms with E-state index >= 15 is 0 Å². The van der Waals surface area contributed by atoms with E-state index in [9.17, 15) is 8.42 Å². The predicted octanol–water partition coefficient (Wildman–Crippen LogP) is 2.12. The summed E-state index contributed by atoms with van der Waals surface area (Å²) in [5, 5.41) is 0.445. The quantitative estimate of drug-likeness (QED) is 0.818. The maximum atomic E-state index is 12.0. The Bertz CT molecular complexity index is 468. The summed E-state index contributed by atoms with van der Waals surface area (Å²) in [6, 6.07) is 6.54. The zero-order chi connectivity index (χ0) is 11.1. The van der Waals surface area contributed by atoms with E-state index in [2.05, 4.69) is 0 Å². The van der Waals surface area contributed by atoms with Crippen molar-refractivity contribution in [3.8, 4) is 0 Å². The molecule has 1 saturated carbocycles. The van der Waals surface area contributed by atoms with E-state index in [4.69, 9.17) is 11.6 Å². The van der Waals surface area contributed by atoms with E-state index in [-0.39, 0.29) is 10.9 Å². The van der Waals surface area contributed by atoms with Gasteiger partial charge in [-0.3, -0.25) is 0 Å². The lowest BCUT2D eigenvalue weighted by Gasteiger charge is -2.16. The van der Waals surface area contributed by atoms with Crippen LogP contribution in [-0.2, 0) is 10.0 Å². The van der Waals surface area contributed by atoms with Crippen molar-refractivity contribution >= 4 is 21.6 Å². The lowest BCUT2D eigenvalue weighted by Crippen LogP contribution is -2.28. The molecule has 2 rings (SSSR count). The Hall–Kier alpha value is -0.580. The number of rotatable bonds is 3.